The van der Waals surface area contributed by atoms with Crippen molar-refractivity contribution in [3.05, 3.63) is 77.2 Å². The summed E-state index contributed by atoms with van der Waals surface area (Å²) >= 11 is 0. The maximum Gasteiger partial charge on any atom is 0.325 e. The number of aliphatic hydroxyl groups excluding tert-OH is 1. The lowest BCUT2D eigenvalue weighted by Crippen LogP contribution is -2.55. The lowest BCUT2D eigenvalue weighted by Gasteiger charge is -2.35. The van der Waals surface area contributed by atoms with Gasteiger partial charge in [0.05, 0.1) is 29.0 Å². The van der Waals surface area contributed by atoms with Gasteiger partial charge in [-0.1, -0.05) is 24.3 Å². The topological polar surface area (TPSA) is 181 Å². The van der Waals surface area contributed by atoms with Crippen molar-refractivity contribution in [2.75, 3.05) is 13.1 Å². The SMILES string of the molecule is N=C/C(=C\NC1CCN(C(=O)CCC(F)(F)C(=O)NCc2ccc3c(c2)CN(C2CCC(=O)NC2O)C3=O)CC1)c1cnc2ccccc2n1. The zero-order valence-corrected chi connectivity index (χ0v) is 27.2. The van der Waals surface area contributed by atoms with Crippen LogP contribution in [0.3, 0.4) is 0 Å². The Balaban J connectivity index is 0.941. The summed E-state index contributed by atoms with van der Waals surface area (Å²) in [6, 6.07) is 11.7. The zero-order valence-electron chi connectivity index (χ0n) is 27.2. The number of carbonyl (C=O) groups is 4. The molecule has 0 bridgehead atoms. The predicted molar refractivity (Wildman–Crippen MR) is 179 cm³/mol. The van der Waals surface area contributed by atoms with Gasteiger partial charge in [-0.3, -0.25) is 24.2 Å². The first-order chi connectivity index (χ1) is 24.0. The Morgan fingerprint density at radius 2 is 1.86 bits per heavy atom. The molecule has 15 heteroatoms. The van der Waals surface area contributed by atoms with Crippen LogP contribution in [0.15, 0.2) is 54.9 Å². The lowest BCUT2D eigenvalue weighted by atomic mass is 10.0. The molecule has 3 aromatic rings. The number of nitrogens with zero attached hydrogens (tertiary/aromatic N) is 4. The number of carbonyl (C=O) groups excluding carboxylic acids is 4. The van der Waals surface area contributed by atoms with E-state index in [-0.39, 0.29) is 37.4 Å². The number of aromatic nitrogens is 2. The van der Waals surface area contributed by atoms with Gasteiger partial charge in [-0.15, -0.1) is 0 Å². The Hall–Kier alpha value is -5.31. The summed E-state index contributed by atoms with van der Waals surface area (Å²) < 4.78 is 29.6. The van der Waals surface area contributed by atoms with E-state index in [1.165, 1.54) is 16.0 Å². The fourth-order valence-corrected chi connectivity index (χ4v) is 6.51. The van der Waals surface area contributed by atoms with E-state index in [1.807, 2.05) is 24.3 Å². The average Bonchev–Trinajstić information content (AvgIpc) is 3.44. The number of halogens is 2. The summed E-state index contributed by atoms with van der Waals surface area (Å²) in [5, 5.41) is 26.0. The van der Waals surface area contributed by atoms with Crippen molar-refractivity contribution in [1.29, 1.82) is 5.41 Å². The Bertz CT molecular complexity index is 1840. The minimum atomic E-state index is -3.76. The molecule has 2 aromatic carbocycles. The molecule has 4 amide bonds. The van der Waals surface area contributed by atoms with E-state index in [2.05, 4.69) is 25.9 Å². The minimum Gasteiger partial charge on any atom is -0.387 e. The molecule has 3 aliphatic heterocycles. The number of alkyl halides is 2. The molecule has 1 aromatic heterocycles. The summed E-state index contributed by atoms with van der Waals surface area (Å²) in [6.07, 6.45) is 3.57. The van der Waals surface area contributed by atoms with Gasteiger partial charge in [-0.05, 0) is 48.6 Å². The Kier molecular flexibility index (Phi) is 10.1. The number of piperidine rings is 2. The van der Waals surface area contributed by atoms with Crippen molar-refractivity contribution in [3.8, 4) is 0 Å². The second kappa shape index (κ2) is 14.7. The minimum absolute atomic E-state index is 0.0107. The second-order valence-corrected chi connectivity index (χ2v) is 12.7. The van der Waals surface area contributed by atoms with Crippen molar-refractivity contribution in [2.24, 2.45) is 0 Å². The molecule has 5 N–H and O–H groups in total. The second-order valence-electron chi connectivity index (χ2n) is 12.7. The molecule has 4 heterocycles. The summed E-state index contributed by atoms with van der Waals surface area (Å²) in [6.45, 7) is 0.712. The first-order valence-corrected chi connectivity index (χ1v) is 16.6. The highest BCUT2D eigenvalue weighted by Gasteiger charge is 2.41. The predicted octanol–water partition coefficient (Wildman–Crippen LogP) is 2.49. The highest BCUT2D eigenvalue weighted by Crippen LogP contribution is 2.29. The monoisotopic (exact) mass is 688 g/mol. The van der Waals surface area contributed by atoms with Gasteiger partial charge in [0.25, 0.3) is 11.8 Å². The maximum absolute atomic E-state index is 14.8. The number of hydrogen-bond acceptors (Lipinski definition) is 9. The molecule has 0 aliphatic carbocycles. The van der Waals surface area contributed by atoms with Crippen LogP contribution in [-0.4, -0.2) is 92.0 Å². The summed E-state index contributed by atoms with van der Waals surface area (Å²) in [4.78, 5) is 61.7. The van der Waals surface area contributed by atoms with Gasteiger partial charge in [0.1, 0.15) is 6.23 Å². The first kappa shape index (κ1) is 34.5. The van der Waals surface area contributed by atoms with Gasteiger partial charge in [0.15, 0.2) is 0 Å². The fourth-order valence-electron chi connectivity index (χ4n) is 6.51. The smallest absolute Gasteiger partial charge is 0.325 e. The van der Waals surface area contributed by atoms with Crippen molar-refractivity contribution >= 4 is 46.4 Å². The Labute approximate surface area is 286 Å². The van der Waals surface area contributed by atoms with E-state index < -0.39 is 42.8 Å². The number of rotatable bonds is 11. The Morgan fingerprint density at radius 1 is 1.10 bits per heavy atom. The molecule has 13 nitrogen and oxygen atoms in total. The van der Waals surface area contributed by atoms with Crippen molar-refractivity contribution in [2.45, 2.75) is 75.8 Å². The molecule has 0 radical (unpaired) electrons. The van der Waals surface area contributed by atoms with E-state index in [4.69, 9.17) is 5.41 Å². The molecule has 0 spiro atoms. The van der Waals surface area contributed by atoms with E-state index in [9.17, 15) is 33.1 Å². The van der Waals surface area contributed by atoms with Crippen LogP contribution < -0.4 is 16.0 Å². The third-order valence-corrected chi connectivity index (χ3v) is 9.40. The van der Waals surface area contributed by atoms with E-state index in [1.54, 1.807) is 30.6 Å². The average molecular weight is 689 g/mol. The van der Waals surface area contributed by atoms with Crippen LogP contribution in [0.5, 0.6) is 0 Å². The van der Waals surface area contributed by atoms with Gasteiger partial charge < -0.3 is 36.3 Å². The number of hydrogen-bond donors (Lipinski definition) is 5. The third-order valence-electron chi connectivity index (χ3n) is 9.40. The standard InChI is InChI=1S/C35H38F2N8O5/c36-35(37,34(50)41-17-21-5-6-25-22(15-21)20-45(33(25)49)29-7-8-30(46)43-32(29)48)12-9-31(47)44-13-10-24(11-14-44)39-18-23(16-38)28-19-40-26-3-1-2-4-27(26)42-28/h1-6,15-16,18-19,24,29,32,38-39,48H,7-14,17,20H2,(H,41,50)(H,43,46)/b23-18+,38-16?. The molecular weight excluding hydrogens is 650 g/mol. The summed E-state index contributed by atoms with van der Waals surface area (Å²) in [5.74, 6) is -6.29. The van der Waals surface area contributed by atoms with E-state index >= 15 is 0 Å². The van der Waals surface area contributed by atoms with E-state index in [0.717, 1.165) is 11.0 Å². The number of benzene rings is 2. The van der Waals surface area contributed by atoms with Crippen molar-refractivity contribution < 1.29 is 33.1 Å². The van der Waals surface area contributed by atoms with Gasteiger partial charge in [0, 0.05) is 75.0 Å². The molecule has 6 rings (SSSR count). The number of amides is 4. The van der Waals surface area contributed by atoms with Gasteiger partial charge in [0.2, 0.25) is 11.8 Å². The largest absolute Gasteiger partial charge is 0.387 e. The Morgan fingerprint density at radius 3 is 2.60 bits per heavy atom. The molecule has 262 valence electrons. The molecule has 2 unspecified atom stereocenters. The summed E-state index contributed by atoms with van der Waals surface area (Å²) in [5.41, 5.74) is 4.13. The number of allylic oxidation sites excluding steroid dienone is 1. The van der Waals surface area contributed by atoms with Crippen LogP contribution in [0, 0.1) is 5.41 Å². The fraction of sp³-hybridized carbons (Fsp3) is 0.400. The lowest BCUT2D eigenvalue weighted by molar-refractivity contribution is -0.148. The summed E-state index contributed by atoms with van der Waals surface area (Å²) in [7, 11) is 0. The number of nitrogens with one attached hydrogen (secondary N) is 4. The van der Waals surface area contributed by atoms with Crippen LogP contribution in [0.25, 0.3) is 16.6 Å². The van der Waals surface area contributed by atoms with Gasteiger partial charge >= 0.3 is 5.92 Å². The molecule has 3 aliphatic rings. The maximum atomic E-state index is 14.8. The number of aliphatic hydroxyl groups is 1. The molecule has 50 heavy (non-hydrogen) atoms. The molecule has 2 fully saturated rings. The van der Waals surface area contributed by atoms with Crippen molar-refractivity contribution in [3.63, 3.8) is 0 Å². The van der Waals surface area contributed by atoms with E-state index in [0.29, 0.717) is 60.3 Å². The quantitative estimate of drug-likeness (QED) is 0.191. The van der Waals surface area contributed by atoms with Crippen LogP contribution in [0.4, 0.5) is 8.78 Å². The highest BCUT2D eigenvalue weighted by molar-refractivity contribution is 6.07. The molecule has 2 atom stereocenters. The number of fused-ring (bicyclic) bond motifs is 2. The highest BCUT2D eigenvalue weighted by atomic mass is 19.3. The zero-order chi connectivity index (χ0) is 35.4. The van der Waals surface area contributed by atoms with Gasteiger partial charge in [-0.2, -0.15) is 8.78 Å². The van der Waals surface area contributed by atoms with Crippen LogP contribution in [-0.2, 0) is 27.5 Å². The number of likely N-dealkylation sites (tertiary alicyclic amines) is 1. The molecule has 0 saturated carbocycles. The van der Waals surface area contributed by atoms with Crippen LogP contribution in [0.2, 0.25) is 0 Å². The van der Waals surface area contributed by atoms with Gasteiger partial charge in [-0.25, -0.2) is 4.98 Å². The molecular formula is C35H38F2N8O5. The third kappa shape index (κ3) is 7.62. The molecule has 2 saturated heterocycles. The normalized spacial score (nSPS) is 20.0. The first-order valence-electron chi connectivity index (χ1n) is 16.6. The van der Waals surface area contributed by atoms with Crippen LogP contribution >= 0.6 is 0 Å². The number of para-hydroxylation sites is 2. The van der Waals surface area contributed by atoms with Crippen molar-refractivity contribution in [1.82, 2.24) is 35.7 Å². The van der Waals surface area contributed by atoms with Crippen LogP contribution in [0.1, 0.15) is 65.7 Å².